The molecule has 118 valence electrons. The van der Waals surface area contributed by atoms with Crippen LogP contribution < -0.4 is 0 Å². The van der Waals surface area contributed by atoms with E-state index >= 15 is 0 Å². The highest BCUT2D eigenvalue weighted by atomic mass is 32.2. The first-order valence-corrected chi connectivity index (χ1v) is 9.72. The first kappa shape index (κ1) is 16.8. The Morgan fingerprint density at radius 3 is 2.09 bits per heavy atom. The SMILES string of the molecule is CCCCC(CS(=O)(=O)Cc1ccccc1)c1ccccc1. The third kappa shape index (κ3) is 5.30. The summed E-state index contributed by atoms with van der Waals surface area (Å²) in [4.78, 5) is 0. The molecule has 2 nitrogen and oxygen atoms in total. The lowest BCUT2D eigenvalue weighted by molar-refractivity contribution is 0.571. The molecule has 2 rings (SSSR count). The van der Waals surface area contributed by atoms with Crippen LogP contribution >= 0.6 is 0 Å². The fourth-order valence-electron chi connectivity index (χ4n) is 2.72. The lowest BCUT2D eigenvalue weighted by Crippen LogP contribution is -2.17. The Morgan fingerprint density at radius 1 is 0.909 bits per heavy atom. The van der Waals surface area contributed by atoms with Crippen LogP contribution in [0, 0.1) is 0 Å². The van der Waals surface area contributed by atoms with E-state index in [0.29, 0.717) is 0 Å². The summed E-state index contributed by atoms with van der Waals surface area (Å²) in [5, 5.41) is 0. The maximum atomic E-state index is 12.5. The van der Waals surface area contributed by atoms with E-state index in [1.807, 2.05) is 60.7 Å². The zero-order chi connectivity index (χ0) is 15.8. The zero-order valence-electron chi connectivity index (χ0n) is 13.1. The van der Waals surface area contributed by atoms with E-state index in [1.54, 1.807) is 0 Å². The van der Waals surface area contributed by atoms with Crippen molar-refractivity contribution in [1.29, 1.82) is 0 Å². The van der Waals surface area contributed by atoms with Gasteiger partial charge < -0.3 is 0 Å². The molecule has 0 aliphatic heterocycles. The highest BCUT2D eigenvalue weighted by Gasteiger charge is 2.20. The van der Waals surface area contributed by atoms with E-state index in [0.717, 1.165) is 30.4 Å². The first-order valence-electron chi connectivity index (χ1n) is 7.90. The van der Waals surface area contributed by atoms with Crippen LogP contribution in [0.3, 0.4) is 0 Å². The van der Waals surface area contributed by atoms with Crippen LogP contribution in [0.2, 0.25) is 0 Å². The van der Waals surface area contributed by atoms with Gasteiger partial charge in [-0.2, -0.15) is 0 Å². The highest BCUT2D eigenvalue weighted by Crippen LogP contribution is 2.25. The van der Waals surface area contributed by atoms with Gasteiger partial charge in [-0.05, 0) is 23.5 Å². The molecule has 2 aromatic rings. The minimum atomic E-state index is -3.11. The Labute approximate surface area is 134 Å². The van der Waals surface area contributed by atoms with E-state index in [2.05, 4.69) is 6.92 Å². The fourth-order valence-corrected chi connectivity index (χ4v) is 4.51. The van der Waals surface area contributed by atoms with Crippen molar-refractivity contribution in [3.8, 4) is 0 Å². The molecule has 2 aromatic carbocycles. The molecular weight excluding hydrogens is 292 g/mol. The third-order valence-corrected chi connectivity index (χ3v) is 5.55. The maximum Gasteiger partial charge on any atom is 0.155 e. The standard InChI is InChI=1S/C19H24O2S/c1-2-3-12-19(18-13-8-5-9-14-18)16-22(20,21)15-17-10-6-4-7-11-17/h4-11,13-14,19H,2-3,12,15-16H2,1H3. The summed E-state index contributed by atoms with van der Waals surface area (Å²) < 4.78 is 25.1. The van der Waals surface area contributed by atoms with Crippen molar-refractivity contribution in [2.45, 2.75) is 37.9 Å². The lowest BCUT2D eigenvalue weighted by atomic mass is 9.95. The normalized spacial score (nSPS) is 13.0. The second-order valence-corrected chi connectivity index (χ2v) is 7.90. The first-order chi connectivity index (χ1) is 10.6. The van der Waals surface area contributed by atoms with Gasteiger partial charge in [-0.3, -0.25) is 0 Å². The second kappa shape index (κ2) is 8.14. The molecule has 0 saturated carbocycles. The molecule has 0 heterocycles. The van der Waals surface area contributed by atoms with Crippen LogP contribution in [-0.2, 0) is 15.6 Å². The minimum absolute atomic E-state index is 0.0925. The third-order valence-electron chi connectivity index (χ3n) is 3.86. The molecule has 0 bridgehead atoms. The summed E-state index contributed by atoms with van der Waals surface area (Å²) in [5.41, 5.74) is 2.00. The maximum absolute atomic E-state index is 12.5. The van der Waals surface area contributed by atoms with E-state index in [4.69, 9.17) is 0 Å². The van der Waals surface area contributed by atoms with Crippen LogP contribution in [0.25, 0.3) is 0 Å². The van der Waals surface area contributed by atoms with Crippen LogP contribution in [-0.4, -0.2) is 14.2 Å². The predicted molar refractivity (Wildman–Crippen MR) is 92.6 cm³/mol. The van der Waals surface area contributed by atoms with Crippen molar-refractivity contribution >= 4 is 9.84 Å². The van der Waals surface area contributed by atoms with E-state index in [1.165, 1.54) is 0 Å². The monoisotopic (exact) mass is 316 g/mol. The molecule has 3 heteroatoms. The largest absolute Gasteiger partial charge is 0.228 e. The Kier molecular flexibility index (Phi) is 6.20. The topological polar surface area (TPSA) is 34.1 Å². The van der Waals surface area contributed by atoms with Crippen LogP contribution in [0.15, 0.2) is 60.7 Å². The number of hydrogen-bond acceptors (Lipinski definition) is 2. The highest BCUT2D eigenvalue weighted by molar-refractivity contribution is 7.90. The Hall–Kier alpha value is -1.61. The zero-order valence-corrected chi connectivity index (χ0v) is 13.9. The van der Waals surface area contributed by atoms with Crippen LogP contribution in [0.5, 0.6) is 0 Å². The molecule has 0 radical (unpaired) electrons. The molecule has 0 amide bonds. The van der Waals surface area contributed by atoms with Crippen molar-refractivity contribution in [2.24, 2.45) is 0 Å². The Morgan fingerprint density at radius 2 is 1.50 bits per heavy atom. The second-order valence-electron chi connectivity index (χ2n) is 5.79. The van der Waals surface area contributed by atoms with Gasteiger partial charge >= 0.3 is 0 Å². The van der Waals surface area contributed by atoms with E-state index in [9.17, 15) is 8.42 Å². The summed E-state index contributed by atoms with van der Waals surface area (Å²) >= 11 is 0. The predicted octanol–water partition coefficient (Wildman–Crippen LogP) is 4.58. The Balaban J connectivity index is 2.12. The van der Waals surface area contributed by atoms with Gasteiger partial charge in [-0.1, -0.05) is 80.4 Å². The summed E-state index contributed by atoms with van der Waals surface area (Å²) in [6.07, 6.45) is 3.07. The van der Waals surface area contributed by atoms with Crippen molar-refractivity contribution in [3.63, 3.8) is 0 Å². The van der Waals surface area contributed by atoms with E-state index in [-0.39, 0.29) is 17.4 Å². The average molecular weight is 316 g/mol. The van der Waals surface area contributed by atoms with Gasteiger partial charge in [0.1, 0.15) is 0 Å². The van der Waals surface area contributed by atoms with Gasteiger partial charge in [0.15, 0.2) is 9.84 Å². The molecule has 0 saturated heterocycles. The van der Waals surface area contributed by atoms with Gasteiger partial charge in [0, 0.05) is 0 Å². The molecule has 0 N–H and O–H groups in total. The van der Waals surface area contributed by atoms with Crippen molar-refractivity contribution in [2.75, 3.05) is 5.75 Å². The van der Waals surface area contributed by atoms with Gasteiger partial charge in [0.05, 0.1) is 11.5 Å². The van der Waals surface area contributed by atoms with Crippen molar-refractivity contribution < 1.29 is 8.42 Å². The number of benzene rings is 2. The molecule has 0 aromatic heterocycles. The fraction of sp³-hybridized carbons (Fsp3) is 0.368. The quantitative estimate of drug-likeness (QED) is 0.714. The minimum Gasteiger partial charge on any atom is -0.228 e. The molecular formula is C19H24O2S. The van der Waals surface area contributed by atoms with Gasteiger partial charge in [0.25, 0.3) is 0 Å². The number of sulfone groups is 1. The van der Waals surface area contributed by atoms with Crippen molar-refractivity contribution in [3.05, 3.63) is 71.8 Å². The molecule has 0 fully saturated rings. The molecule has 1 unspecified atom stereocenters. The lowest BCUT2D eigenvalue weighted by Gasteiger charge is -2.17. The summed E-state index contributed by atoms with van der Waals surface area (Å²) in [7, 11) is -3.11. The Bertz CT molecular complexity index is 648. The molecule has 0 spiro atoms. The van der Waals surface area contributed by atoms with Gasteiger partial charge in [-0.15, -0.1) is 0 Å². The number of rotatable bonds is 8. The average Bonchev–Trinajstić information content (AvgIpc) is 2.53. The van der Waals surface area contributed by atoms with Gasteiger partial charge in [-0.25, -0.2) is 8.42 Å². The summed E-state index contributed by atoms with van der Waals surface area (Å²) in [6, 6.07) is 19.4. The number of unbranched alkanes of at least 4 members (excludes halogenated alkanes) is 1. The van der Waals surface area contributed by atoms with Crippen LogP contribution in [0.4, 0.5) is 0 Å². The van der Waals surface area contributed by atoms with Crippen molar-refractivity contribution in [1.82, 2.24) is 0 Å². The van der Waals surface area contributed by atoms with Gasteiger partial charge in [0.2, 0.25) is 0 Å². The van der Waals surface area contributed by atoms with E-state index < -0.39 is 9.84 Å². The molecule has 22 heavy (non-hydrogen) atoms. The molecule has 0 aliphatic rings. The smallest absolute Gasteiger partial charge is 0.155 e. The number of hydrogen-bond donors (Lipinski definition) is 0. The molecule has 1 atom stereocenters. The molecule has 0 aliphatic carbocycles. The summed E-state index contributed by atoms with van der Waals surface area (Å²) in [5.74, 6) is 0.449. The van der Waals surface area contributed by atoms with Crippen LogP contribution in [0.1, 0.15) is 43.2 Å². The summed E-state index contributed by atoms with van der Waals surface area (Å²) in [6.45, 7) is 2.14.